The maximum atomic E-state index is 12.7. The molecule has 1 unspecified atom stereocenters. The van der Waals surface area contributed by atoms with Gasteiger partial charge >= 0.3 is 0 Å². The SMILES string of the molecule is CCC(C(=O)NCc1ccco1)n1cc(C)sc1=NC(=O)c1ccc(Cl)cc1Cl. The van der Waals surface area contributed by atoms with Crippen LogP contribution in [0.25, 0.3) is 0 Å². The van der Waals surface area contributed by atoms with Gasteiger partial charge in [0.1, 0.15) is 11.8 Å². The summed E-state index contributed by atoms with van der Waals surface area (Å²) in [6.45, 7) is 4.09. The summed E-state index contributed by atoms with van der Waals surface area (Å²) in [4.78, 5) is 31.0. The summed E-state index contributed by atoms with van der Waals surface area (Å²) in [7, 11) is 0. The number of amides is 2. The zero-order valence-electron chi connectivity index (χ0n) is 15.8. The first kappa shape index (κ1) is 21.4. The van der Waals surface area contributed by atoms with Crippen LogP contribution in [0.2, 0.25) is 10.0 Å². The Kier molecular flexibility index (Phi) is 6.95. The normalized spacial score (nSPS) is 12.8. The molecule has 1 aromatic carbocycles. The Labute approximate surface area is 181 Å². The van der Waals surface area contributed by atoms with E-state index in [-0.39, 0.29) is 23.0 Å². The minimum absolute atomic E-state index is 0.180. The molecular weight excluding hydrogens is 433 g/mol. The highest BCUT2D eigenvalue weighted by Gasteiger charge is 2.21. The molecule has 152 valence electrons. The van der Waals surface area contributed by atoms with E-state index in [4.69, 9.17) is 27.6 Å². The van der Waals surface area contributed by atoms with E-state index in [9.17, 15) is 9.59 Å². The van der Waals surface area contributed by atoms with E-state index in [0.29, 0.717) is 22.0 Å². The first-order chi connectivity index (χ1) is 13.9. The molecule has 0 aliphatic rings. The van der Waals surface area contributed by atoms with E-state index in [2.05, 4.69) is 10.3 Å². The molecule has 1 N–H and O–H groups in total. The largest absolute Gasteiger partial charge is 0.467 e. The molecule has 0 aliphatic carbocycles. The highest BCUT2D eigenvalue weighted by atomic mass is 35.5. The molecule has 2 heterocycles. The molecule has 29 heavy (non-hydrogen) atoms. The van der Waals surface area contributed by atoms with E-state index in [1.807, 2.05) is 20.0 Å². The van der Waals surface area contributed by atoms with Gasteiger partial charge in [0.2, 0.25) is 5.91 Å². The molecule has 0 aliphatic heterocycles. The molecule has 2 amide bonds. The number of rotatable bonds is 6. The van der Waals surface area contributed by atoms with Crippen molar-refractivity contribution < 1.29 is 14.0 Å². The first-order valence-electron chi connectivity index (χ1n) is 8.91. The van der Waals surface area contributed by atoms with Crippen molar-refractivity contribution in [3.63, 3.8) is 0 Å². The molecule has 0 radical (unpaired) electrons. The maximum absolute atomic E-state index is 12.7. The fourth-order valence-corrected chi connectivity index (χ4v) is 4.16. The molecule has 0 saturated carbocycles. The average Bonchev–Trinajstić information content (AvgIpc) is 3.30. The van der Waals surface area contributed by atoms with Crippen LogP contribution < -0.4 is 10.1 Å². The van der Waals surface area contributed by atoms with Gasteiger partial charge in [-0.2, -0.15) is 4.99 Å². The Morgan fingerprint density at radius 3 is 2.76 bits per heavy atom. The number of nitrogens with zero attached hydrogens (tertiary/aromatic N) is 2. The molecule has 0 spiro atoms. The summed E-state index contributed by atoms with van der Waals surface area (Å²) in [5.41, 5.74) is 0.254. The van der Waals surface area contributed by atoms with E-state index < -0.39 is 11.9 Å². The van der Waals surface area contributed by atoms with Crippen molar-refractivity contribution in [1.82, 2.24) is 9.88 Å². The molecule has 6 nitrogen and oxygen atoms in total. The van der Waals surface area contributed by atoms with E-state index in [0.717, 1.165) is 4.88 Å². The lowest BCUT2D eigenvalue weighted by atomic mass is 10.2. The standard InChI is InChI=1S/C20H19Cl2N3O3S/c1-3-17(19(27)23-10-14-5-4-8-28-14)25-11-12(2)29-20(25)24-18(26)15-7-6-13(21)9-16(15)22/h4-9,11,17H,3,10H2,1-2H3,(H,23,27). The summed E-state index contributed by atoms with van der Waals surface area (Å²) in [6.07, 6.45) is 3.91. The van der Waals surface area contributed by atoms with Crippen LogP contribution >= 0.6 is 34.5 Å². The van der Waals surface area contributed by atoms with Gasteiger partial charge in [-0.3, -0.25) is 9.59 Å². The Morgan fingerprint density at radius 1 is 1.31 bits per heavy atom. The summed E-state index contributed by atoms with van der Waals surface area (Å²) < 4.78 is 6.97. The van der Waals surface area contributed by atoms with Crippen LogP contribution in [0.1, 0.15) is 40.4 Å². The number of nitrogens with one attached hydrogen (secondary N) is 1. The van der Waals surface area contributed by atoms with Crippen LogP contribution in [0.5, 0.6) is 0 Å². The first-order valence-corrected chi connectivity index (χ1v) is 10.5. The van der Waals surface area contributed by atoms with Gasteiger partial charge in [0.15, 0.2) is 4.80 Å². The number of hydrogen-bond donors (Lipinski definition) is 1. The summed E-state index contributed by atoms with van der Waals surface area (Å²) in [5, 5.41) is 3.53. The summed E-state index contributed by atoms with van der Waals surface area (Å²) in [5.74, 6) is -0.00888. The predicted molar refractivity (Wildman–Crippen MR) is 113 cm³/mol. The fourth-order valence-electron chi connectivity index (χ4n) is 2.80. The zero-order chi connectivity index (χ0) is 21.0. The van der Waals surface area contributed by atoms with Gasteiger partial charge in [-0.25, -0.2) is 0 Å². The Bertz CT molecular complexity index is 1090. The number of carbonyl (C=O) groups excluding carboxylic acids is 2. The van der Waals surface area contributed by atoms with Crippen molar-refractivity contribution in [2.75, 3.05) is 0 Å². The Hall–Kier alpha value is -2.35. The number of thiazole rings is 1. The number of aromatic nitrogens is 1. The van der Waals surface area contributed by atoms with Crippen LogP contribution in [-0.4, -0.2) is 16.4 Å². The van der Waals surface area contributed by atoms with Crippen molar-refractivity contribution in [2.24, 2.45) is 4.99 Å². The molecular formula is C20H19Cl2N3O3S. The summed E-state index contributed by atoms with van der Waals surface area (Å²) >= 11 is 13.3. The van der Waals surface area contributed by atoms with Crippen molar-refractivity contribution in [1.29, 1.82) is 0 Å². The average molecular weight is 452 g/mol. The van der Waals surface area contributed by atoms with Gasteiger partial charge in [0.25, 0.3) is 5.91 Å². The number of furan rings is 1. The minimum atomic E-state index is -0.512. The second-order valence-corrected chi connectivity index (χ2v) is 8.35. The smallest absolute Gasteiger partial charge is 0.281 e. The van der Waals surface area contributed by atoms with Crippen LogP contribution in [0, 0.1) is 6.92 Å². The fraction of sp³-hybridized carbons (Fsp3) is 0.250. The molecule has 0 fully saturated rings. The van der Waals surface area contributed by atoms with Crippen molar-refractivity contribution >= 4 is 46.4 Å². The van der Waals surface area contributed by atoms with Gasteiger partial charge < -0.3 is 14.3 Å². The number of hydrogen-bond acceptors (Lipinski definition) is 4. The quantitative estimate of drug-likeness (QED) is 0.586. The molecule has 0 bridgehead atoms. The Morgan fingerprint density at radius 2 is 2.10 bits per heavy atom. The van der Waals surface area contributed by atoms with Gasteiger partial charge in [0.05, 0.1) is 23.4 Å². The second-order valence-electron chi connectivity index (χ2n) is 6.29. The summed E-state index contributed by atoms with van der Waals surface area (Å²) in [6, 6.07) is 7.66. The minimum Gasteiger partial charge on any atom is -0.467 e. The molecule has 3 aromatic rings. The highest BCUT2D eigenvalue weighted by molar-refractivity contribution is 7.09. The molecule has 3 rings (SSSR count). The Balaban J connectivity index is 1.88. The second kappa shape index (κ2) is 9.43. The third-order valence-corrected chi connectivity index (χ3v) is 5.65. The maximum Gasteiger partial charge on any atom is 0.281 e. The van der Waals surface area contributed by atoms with Gasteiger partial charge in [-0.1, -0.05) is 30.1 Å². The van der Waals surface area contributed by atoms with Gasteiger partial charge in [-0.15, -0.1) is 11.3 Å². The third-order valence-electron chi connectivity index (χ3n) is 4.19. The topological polar surface area (TPSA) is 76.6 Å². The van der Waals surface area contributed by atoms with Crippen LogP contribution in [0.3, 0.4) is 0 Å². The van der Waals surface area contributed by atoms with E-state index >= 15 is 0 Å². The van der Waals surface area contributed by atoms with Gasteiger partial charge in [-0.05, 0) is 43.7 Å². The number of aryl methyl sites for hydroxylation is 1. The van der Waals surface area contributed by atoms with Crippen molar-refractivity contribution in [3.05, 3.63) is 73.8 Å². The molecule has 0 saturated heterocycles. The van der Waals surface area contributed by atoms with Crippen molar-refractivity contribution in [3.8, 4) is 0 Å². The number of benzene rings is 1. The lowest BCUT2D eigenvalue weighted by Crippen LogP contribution is -2.35. The van der Waals surface area contributed by atoms with Crippen molar-refractivity contribution in [2.45, 2.75) is 32.9 Å². The molecule has 2 aromatic heterocycles. The molecule has 9 heteroatoms. The zero-order valence-corrected chi connectivity index (χ0v) is 18.1. The van der Waals surface area contributed by atoms with E-state index in [1.54, 1.807) is 29.0 Å². The lowest BCUT2D eigenvalue weighted by Gasteiger charge is -2.16. The van der Waals surface area contributed by atoms with Gasteiger partial charge in [0, 0.05) is 16.1 Å². The monoisotopic (exact) mass is 451 g/mol. The van der Waals surface area contributed by atoms with Crippen LogP contribution in [-0.2, 0) is 11.3 Å². The van der Waals surface area contributed by atoms with E-state index in [1.165, 1.54) is 23.5 Å². The number of carbonyl (C=O) groups is 2. The number of halogens is 2. The lowest BCUT2D eigenvalue weighted by molar-refractivity contribution is -0.124. The molecule has 1 atom stereocenters. The highest BCUT2D eigenvalue weighted by Crippen LogP contribution is 2.22. The predicted octanol–water partition coefficient (Wildman–Crippen LogP) is 4.77. The van der Waals surface area contributed by atoms with Crippen LogP contribution in [0.15, 0.2) is 52.2 Å². The van der Waals surface area contributed by atoms with Crippen LogP contribution in [0.4, 0.5) is 0 Å². The third kappa shape index (κ3) is 5.18.